The first-order chi connectivity index (χ1) is 9.99. The molecule has 21 heavy (non-hydrogen) atoms. The summed E-state index contributed by atoms with van der Waals surface area (Å²) in [6, 6.07) is 5.43. The summed E-state index contributed by atoms with van der Waals surface area (Å²) in [4.78, 5) is 12.3. The molecule has 1 heterocycles. The van der Waals surface area contributed by atoms with E-state index >= 15 is 0 Å². The van der Waals surface area contributed by atoms with E-state index in [1.807, 2.05) is 19.1 Å². The molecule has 2 unspecified atom stereocenters. The van der Waals surface area contributed by atoms with Crippen LogP contribution < -0.4 is 11.1 Å². The molecule has 0 bridgehead atoms. The van der Waals surface area contributed by atoms with Crippen LogP contribution >= 0.6 is 0 Å². The van der Waals surface area contributed by atoms with E-state index in [1.54, 1.807) is 6.07 Å². The zero-order valence-corrected chi connectivity index (χ0v) is 13.2. The van der Waals surface area contributed by atoms with E-state index in [4.69, 9.17) is 10.5 Å². The van der Waals surface area contributed by atoms with Crippen molar-refractivity contribution in [3.63, 3.8) is 0 Å². The van der Waals surface area contributed by atoms with E-state index in [0.29, 0.717) is 29.6 Å². The molecule has 1 aliphatic heterocycles. The van der Waals surface area contributed by atoms with Crippen LogP contribution in [0.4, 0.5) is 5.69 Å². The smallest absolute Gasteiger partial charge is 0.251 e. The second-order valence-electron chi connectivity index (χ2n) is 6.27. The Labute approximate surface area is 127 Å². The highest BCUT2D eigenvalue weighted by atomic mass is 16.5. The third kappa shape index (κ3) is 3.97. The molecule has 0 saturated carbocycles. The summed E-state index contributed by atoms with van der Waals surface area (Å²) < 4.78 is 5.86. The molecule has 4 heteroatoms. The lowest BCUT2D eigenvalue weighted by Gasteiger charge is -2.34. The number of benzene rings is 1. The molecule has 2 atom stereocenters. The van der Waals surface area contributed by atoms with E-state index in [9.17, 15) is 4.79 Å². The minimum Gasteiger partial charge on any atom is -0.399 e. The summed E-state index contributed by atoms with van der Waals surface area (Å²) >= 11 is 0. The molecule has 1 aromatic rings. The maximum atomic E-state index is 12.3. The van der Waals surface area contributed by atoms with Crippen molar-refractivity contribution in [1.29, 1.82) is 0 Å². The van der Waals surface area contributed by atoms with Crippen molar-refractivity contribution in [2.24, 2.45) is 11.8 Å². The first kappa shape index (κ1) is 15.8. The average molecular weight is 290 g/mol. The standard InChI is InChI=1S/C17H26N2O2/c1-11(2)16-13(5-4-8-21-16)10-19-17(20)15-9-14(18)7-6-12(15)3/h6-7,9,11,13,16H,4-5,8,10,18H2,1-3H3,(H,19,20). The predicted octanol–water partition coefficient (Wildman–Crippen LogP) is 2.76. The zero-order chi connectivity index (χ0) is 15.4. The number of hydrogen-bond acceptors (Lipinski definition) is 3. The largest absolute Gasteiger partial charge is 0.399 e. The van der Waals surface area contributed by atoms with Crippen molar-refractivity contribution in [2.45, 2.75) is 39.7 Å². The Bertz CT molecular complexity index is 500. The maximum absolute atomic E-state index is 12.3. The van der Waals surface area contributed by atoms with Gasteiger partial charge in [-0.2, -0.15) is 0 Å². The second-order valence-corrected chi connectivity index (χ2v) is 6.27. The number of nitrogen functional groups attached to an aromatic ring is 1. The molecule has 3 N–H and O–H groups in total. The van der Waals surface area contributed by atoms with Gasteiger partial charge in [0.1, 0.15) is 0 Å². The van der Waals surface area contributed by atoms with E-state index in [1.165, 1.54) is 0 Å². The quantitative estimate of drug-likeness (QED) is 0.838. The molecule has 0 radical (unpaired) electrons. The summed E-state index contributed by atoms with van der Waals surface area (Å²) in [6.07, 6.45) is 2.42. The van der Waals surface area contributed by atoms with Crippen molar-refractivity contribution in [3.05, 3.63) is 29.3 Å². The normalized spacial score (nSPS) is 22.3. The van der Waals surface area contributed by atoms with Crippen LogP contribution in [-0.2, 0) is 4.74 Å². The fourth-order valence-corrected chi connectivity index (χ4v) is 3.02. The van der Waals surface area contributed by atoms with Crippen molar-refractivity contribution >= 4 is 11.6 Å². The topological polar surface area (TPSA) is 64.4 Å². The Balaban J connectivity index is 1.98. The van der Waals surface area contributed by atoms with Gasteiger partial charge in [0.15, 0.2) is 0 Å². The van der Waals surface area contributed by atoms with Crippen LogP contribution in [0.3, 0.4) is 0 Å². The first-order valence-corrected chi connectivity index (χ1v) is 7.75. The number of hydrogen-bond donors (Lipinski definition) is 2. The van der Waals surface area contributed by atoms with E-state index in [2.05, 4.69) is 19.2 Å². The molecular formula is C17H26N2O2. The number of nitrogens with two attached hydrogens (primary N) is 1. The average Bonchev–Trinajstić information content (AvgIpc) is 2.47. The highest BCUT2D eigenvalue weighted by molar-refractivity contribution is 5.96. The lowest BCUT2D eigenvalue weighted by atomic mass is 9.87. The van der Waals surface area contributed by atoms with Gasteiger partial charge < -0.3 is 15.8 Å². The number of amides is 1. The summed E-state index contributed by atoms with van der Waals surface area (Å²) in [5, 5.41) is 3.05. The van der Waals surface area contributed by atoms with Gasteiger partial charge in [0, 0.05) is 30.3 Å². The van der Waals surface area contributed by atoms with Crippen LogP contribution in [0.2, 0.25) is 0 Å². The molecule has 1 amide bonds. The van der Waals surface area contributed by atoms with Crippen molar-refractivity contribution in [1.82, 2.24) is 5.32 Å². The number of carbonyl (C=O) groups is 1. The number of nitrogens with one attached hydrogen (secondary N) is 1. The highest BCUT2D eigenvalue weighted by Crippen LogP contribution is 2.25. The Morgan fingerprint density at radius 3 is 2.95 bits per heavy atom. The minimum absolute atomic E-state index is 0.0483. The molecule has 4 nitrogen and oxygen atoms in total. The number of rotatable bonds is 4. The number of carbonyl (C=O) groups excluding carboxylic acids is 1. The van der Waals surface area contributed by atoms with Gasteiger partial charge in [-0.25, -0.2) is 0 Å². The predicted molar refractivity (Wildman–Crippen MR) is 85.2 cm³/mol. The zero-order valence-electron chi connectivity index (χ0n) is 13.2. The molecule has 1 saturated heterocycles. The maximum Gasteiger partial charge on any atom is 0.251 e. The summed E-state index contributed by atoms with van der Waals surface area (Å²) in [5.41, 5.74) is 7.99. The molecule has 0 aromatic heterocycles. The monoisotopic (exact) mass is 290 g/mol. The van der Waals surface area contributed by atoms with Gasteiger partial charge in [-0.05, 0) is 43.4 Å². The van der Waals surface area contributed by atoms with Gasteiger partial charge in [-0.15, -0.1) is 0 Å². The van der Waals surface area contributed by atoms with Crippen LogP contribution in [-0.4, -0.2) is 25.2 Å². The third-order valence-electron chi connectivity index (χ3n) is 4.18. The van der Waals surface area contributed by atoms with Crippen LogP contribution in [0.5, 0.6) is 0 Å². The number of anilines is 1. The van der Waals surface area contributed by atoms with Crippen LogP contribution in [0.15, 0.2) is 18.2 Å². The fraction of sp³-hybridized carbons (Fsp3) is 0.588. The third-order valence-corrected chi connectivity index (χ3v) is 4.18. The first-order valence-electron chi connectivity index (χ1n) is 7.75. The van der Waals surface area contributed by atoms with Crippen LogP contribution in [0.25, 0.3) is 0 Å². The summed E-state index contributed by atoms with van der Waals surface area (Å²) in [7, 11) is 0. The SMILES string of the molecule is Cc1ccc(N)cc1C(=O)NCC1CCCOC1C(C)C. The summed E-state index contributed by atoms with van der Waals surface area (Å²) in [5.74, 6) is 0.818. The molecule has 1 fully saturated rings. The van der Waals surface area contributed by atoms with Gasteiger partial charge in [-0.1, -0.05) is 19.9 Å². The summed E-state index contributed by atoms with van der Waals surface area (Å²) in [6.45, 7) is 7.77. The second kappa shape index (κ2) is 6.94. The fourth-order valence-electron chi connectivity index (χ4n) is 3.02. The van der Waals surface area contributed by atoms with Gasteiger partial charge in [0.2, 0.25) is 0 Å². The van der Waals surface area contributed by atoms with Crippen molar-refractivity contribution in [2.75, 3.05) is 18.9 Å². The lowest BCUT2D eigenvalue weighted by Crippen LogP contribution is -2.41. The highest BCUT2D eigenvalue weighted by Gasteiger charge is 2.28. The Morgan fingerprint density at radius 1 is 1.48 bits per heavy atom. The van der Waals surface area contributed by atoms with E-state index in [-0.39, 0.29) is 12.0 Å². The van der Waals surface area contributed by atoms with Crippen LogP contribution in [0, 0.1) is 18.8 Å². The molecule has 1 aromatic carbocycles. The van der Waals surface area contributed by atoms with E-state index < -0.39 is 0 Å². The Kier molecular flexibility index (Phi) is 5.23. The van der Waals surface area contributed by atoms with Gasteiger partial charge >= 0.3 is 0 Å². The molecule has 116 valence electrons. The molecular weight excluding hydrogens is 264 g/mol. The molecule has 2 rings (SSSR count). The van der Waals surface area contributed by atoms with Crippen molar-refractivity contribution < 1.29 is 9.53 Å². The molecule has 0 spiro atoms. The Morgan fingerprint density at radius 2 is 2.24 bits per heavy atom. The number of ether oxygens (including phenoxy) is 1. The Hall–Kier alpha value is -1.55. The minimum atomic E-state index is -0.0483. The van der Waals surface area contributed by atoms with Crippen molar-refractivity contribution in [3.8, 4) is 0 Å². The molecule has 1 aliphatic rings. The lowest BCUT2D eigenvalue weighted by molar-refractivity contribution is -0.0510. The molecule has 0 aliphatic carbocycles. The van der Waals surface area contributed by atoms with Gasteiger partial charge in [-0.3, -0.25) is 4.79 Å². The van der Waals surface area contributed by atoms with E-state index in [0.717, 1.165) is 25.0 Å². The van der Waals surface area contributed by atoms with Crippen LogP contribution in [0.1, 0.15) is 42.6 Å². The van der Waals surface area contributed by atoms with Gasteiger partial charge in [0.25, 0.3) is 5.91 Å². The number of aryl methyl sites for hydroxylation is 1. The van der Waals surface area contributed by atoms with Gasteiger partial charge in [0.05, 0.1) is 6.10 Å².